The smallest absolute Gasteiger partial charge is 0.226 e. The van der Waals surface area contributed by atoms with E-state index in [4.69, 9.17) is 4.74 Å². The van der Waals surface area contributed by atoms with Crippen molar-refractivity contribution in [3.8, 4) is 0 Å². The van der Waals surface area contributed by atoms with Crippen LogP contribution in [0.25, 0.3) is 21.1 Å². The molecule has 4 aromatic rings. The molecular weight excluding hydrogens is 455 g/mol. The van der Waals surface area contributed by atoms with Crippen LogP contribution in [0.15, 0.2) is 24.7 Å². The van der Waals surface area contributed by atoms with Gasteiger partial charge in [-0.1, -0.05) is 0 Å². The lowest BCUT2D eigenvalue weighted by Crippen LogP contribution is -2.50. The number of morpholine rings is 1. The van der Waals surface area contributed by atoms with Gasteiger partial charge in [-0.25, -0.2) is 14.4 Å². The summed E-state index contributed by atoms with van der Waals surface area (Å²) in [5, 5.41) is 11.7. The summed E-state index contributed by atoms with van der Waals surface area (Å²) in [6.45, 7) is 5.32. The third kappa shape index (κ3) is 3.70. The molecule has 0 spiro atoms. The van der Waals surface area contributed by atoms with Crippen molar-refractivity contribution < 1.29 is 13.9 Å². The van der Waals surface area contributed by atoms with Crippen LogP contribution in [0.4, 0.5) is 15.9 Å². The first kappa shape index (κ1) is 21.4. The summed E-state index contributed by atoms with van der Waals surface area (Å²) in [6, 6.07) is 3.15. The summed E-state index contributed by atoms with van der Waals surface area (Å²) in [7, 11) is 0. The second-order valence-corrected chi connectivity index (χ2v) is 10.3. The number of thiophene rings is 1. The van der Waals surface area contributed by atoms with Gasteiger partial charge in [0.25, 0.3) is 0 Å². The van der Waals surface area contributed by atoms with Gasteiger partial charge in [0.2, 0.25) is 5.91 Å². The number of hydrogen-bond acceptors (Lipinski definition) is 7. The van der Waals surface area contributed by atoms with Crippen LogP contribution in [0.2, 0.25) is 0 Å². The van der Waals surface area contributed by atoms with E-state index < -0.39 is 0 Å². The first-order valence-electron chi connectivity index (χ1n) is 11.6. The molecule has 34 heavy (non-hydrogen) atoms. The highest BCUT2D eigenvalue weighted by Crippen LogP contribution is 2.41. The molecule has 176 valence electrons. The lowest BCUT2D eigenvalue weighted by Gasteiger charge is -2.37. The minimum atomic E-state index is -0.382. The summed E-state index contributed by atoms with van der Waals surface area (Å²) in [5.41, 5.74) is 2.15. The fourth-order valence-electron chi connectivity index (χ4n) is 5.22. The van der Waals surface area contributed by atoms with E-state index in [2.05, 4.69) is 25.5 Å². The molecule has 1 aliphatic carbocycles. The van der Waals surface area contributed by atoms with Crippen molar-refractivity contribution in [3.05, 3.63) is 40.9 Å². The molecule has 0 bridgehead atoms. The summed E-state index contributed by atoms with van der Waals surface area (Å²) < 4.78 is 20.5. The molecule has 0 unspecified atom stereocenters. The Morgan fingerprint density at radius 2 is 2.09 bits per heavy atom. The van der Waals surface area contributed by atoms with Gasteiger partial charge in [-0.3, -0.25) is 9.89 Å². The number of halogens is 1. The van der Waals surface area contributed by atoms with Crippen LogP contribution in [-0.4, -0.2) is 56.3 Å². The first-order valence-corrected chi connectivity index (χ1v) is 12.4. The molecule has 3 aromatic heterocycles. The predicted molar refractivity (Wildman–Crippen MR) is 129 cm³/mol. The maximum absolute atomic E-state index is 14.7. The van der Waals surface area contributed by atoms with E-state index in [-0.39, 0.29) is 29.9 Å². The molecule has 1 amide bonds. The molecule has 1 fully saturated rings. The third-order valence-electron chi connectivity index (χ3n) is 6.71. The van der Waals surface area contributed by atoms with Gasteiger partial charge in [-0.2, -0.15) is 5.10 Å². The average Bonchev–Trinajstić information content (AvgIpc) is 3.41. The number of aryl methyl sites for hydroxylation is 1. The number of amides is 1. The van der Waals surface area contributed by atoms with Gasteiger partial charge in [0, 0.05) is 35.3 Å². The maximum Gasteiger partial charge on any atom is 0.226 e. The second kappa shape index (κ2) is 8.28. The summed E-state index contributed by atoms with van der Waals surface area (Å²) in [4.78, 5) is 26.2. The number of aromatic amines is 1. The Bertz CT molecular complexity index is 1390. The minimum Gasteiger partial charge on any atom is -0.372 e. The maximum atomic E-state index is 14.7. The number of nitrogens with zero attached hydrogens (tertiary/aromatic N) is 4. The van der Waals surface area contributed by atoms with E-state index in [1.165, 1.54) is 22.8 Å². The molecule has 1 aromatic carbocycles. The van der Waals surface area contributed by atoms with Gasteiger partial charge < -0.3 is 15.0 Å². The van der Waals surface area contributed by atoms with Gasteiger partial charge in [-0.05, 0) is 44.7 Å². The normalized spacial score (nSPS) is 22.8. The predicted octanol–water partition coefficient (Wildman–Crippen LogP) is 4.19. The molecule has 6 rings (SSSR count). The van der Waals surface area contributed by atoms with Gasteiger partial charge >= 0.3 is 0 Å². The zero-order valence-electron chi connectivity index (χ0n) is 19.0. The molecule has 10 heteroatoms. The Hall–Kier alpha value is -3.11. The number of hydrogen-bond donors (Lipinski definition) is 2. The third-order valence-corrected chi connectivity index (χ3v) is 7.87. The van der Waals surface area contributed by atoms with E-state index in [0.717, 1.165) is 28.4 Å². The van der Waals surface area contributed by atoms with Gasteiger partial charge in [0.15, 0.2) is 0 Å². The highest BCUT2D eigenvalue weighted by atomic mass is 32.1. The molecular formula is C24H25FN6O2S. The molecule has 8 nitrogen and oxygen atoms in total. The Morgan fingerprint density at radius 3 is 2.91 bits per heavy atom. The number of H-pyrrole nitrogens is 1. The number of nitrogens with one attached hydrogen (secondary N) is 2. The Labute approximate surface area is 199 Å². The molecule has 4 heterocycles. The number of anilines is 2. The van der Waals surface area contributed by atoms with Crippen molar-refractivity contribution in [2.45, 2.75) is 45.3 Å². The quantitative estimate of drug-likeness (QED) is 0.457. The highest BCUT2D eigenvalue weighted by molar-refractivity contribution is 7.19. The molecule has 2 aliphatic rings. The largest absolute Gasteiger partial charge is 0.372 e. The molecule has 1 saturated heterocycles. The van der Waals surface area contributed by atoms with Crippen LogP contribution in [0, 0.1) is 11.7 Å². The van der Waals surface area contributed by atoms with Crippen molar-refractivity contribution in [1.29, 1.82) is 0 Å². The highest BCUT2D eigenvalue weighted by Gasteiger charge is 2.34. The number of ether oxygens (including phenoxy) is 1. The topological polar surface area (TPSA) is 96.0 Å². The number of benzene rings is 1. The van der Waals surface area contributed by atoms with Gasteiger partial charge in [0.05, 0.1) is 35.0 Å². The van der Waals surface area contributed by atoms with Crippen LogP contribution in [0.1, 0.15) is 30.7 Å². The lowest BCUT2D eigenvalue weighted by molar-refractivity contribution is -0.147. The van der Waals surface area contributed by atoms with E-state index in [0.29, 0.717) is 36.5 Å². The minimum absolute atomic E-state index is 0.0385. The summed E-state index contributed by atoms with van der Waals surface area (Å²) in [5.74, 6) is 0.380. The Morgan fingerprint density at radius 1 is 1.26 bits per heavy atom. The fourth-order valence-corrected chi connectivity index (χ4v) is 6.49. The van der Waals surface area contributed by atoms with Gasteiger partial charge in [-0.15, -0.1) is 11.3 Å². The molecule has 0 radical (unpaired) electrons. The van der Waals surface area contributed by atoms with E-state index in [1.807, 2.05) is 18.7 Å². The Balaban J connectivity index is 1.29. The van der Waals surface area contributed by atoms with Crippen LogP contribution in [0.3, 0.4) is 0 Å². The summed E-state index contributed by atoms with van der Waals surface area (Å²) in [6.07, 6.45) is 5.52. The SMILES string of the molecule is C[C@@H]1CN(C(=O)[C@H]2CCc3c(sc4ncnc(Nc5cc6cn[nH]c6cc5F)c34)C2)C[C@@H](C)O1. The number of rotatable bonds is 3. The van der Waals surface area contributed by atoms with E-state index in [1.54, 1.807) is 23.6 Å². The summed E-state index contributed by atoms with van der Waals surface area (Å²) >= 11 is 1.61. The van der Waals surface area contributed by atoms with E-state index >= 15 is 0 Å². The van der Waals surface area contributed by atoms with E-state index in [9.17, 15) is 9.18 Å². The van der Waals surface area contributed by atoms with Crippen LogP contribution < -0.4 is 5.32 Å². The average molecular weight is 481 g/mol. The molecule has 1 aliphatic heterocycles. The standard InChI is InChI=1S/C24H25FN6O2S/c1-12-9-31(10-13(2)33-12)24(32)14-3-4-16-20(6-14)34-23-21(16)22(26-11-27-23)29-19-5-15-8-28-30-18(15)7-17(19)25/h5,7-8,11-14H,3-4,6,9-10H2,1-2H3,(H,28,30)(H,26,27,29)/t12-,13-,14+/m1/s1. The number of carbonyl (C=O) groups excluding carboxylic acids is 1. The zero-order chi connectivity index (χ0) is 23.4. The van der Waals surface area contributed by atoms with Crippen LogP contribution in [-0.2, 0) is 22.4 Å². The number of fused-ring (bicyclic) bond motifs is 4. The zero-order valence-corrected chi connectivity index (χ0v) is 19.8. The monoisotopic (exact) mass is 480 g/mol. The second-order valence-electron chi connectivity index (χ2n) is 9.26. The Kier molecular flexibility index (Phi) is 5.22. The fraction of sp³-hybridized carbons (Fsp3) is 0.417. The van der Waals surface area contributed by atoms with Crippen molar-refractivity contribution in [1.82, 2.24) is 25.1 Å². The first-order chi connectivity index (χ1) is 16.5. The van der Waals surface area contributed by atoms with Crippen molar-refractivity contribution in [3.63, 3.8) is 0 Å². The number of carbonyl (C=O) groups is 1. The van der Waals surface area contributed by atoms with Crippen LogP contribution >= 0.6 is 11.3 Å². The lowest BCUT2D eigenvalue weighted by atomic mass is 9.86. The van der Waals surface area contributed by atoms with Gasteiger partial charge in [0.1, 0.15) is 22.8 Å². The molecule has 0 saturated carbocycles. The number of aromatic nitrogens is 4. The molecule has 3 atom stereocenters. The van der Waals surface area contributed by atoms with Crippen molar-refractivity contribution in [2.24, 2.45) is 5.92 Å². The van der Waals surface area contributed by atoms with Crippen LogP contribution in [0.5, 0.6) is 0 Å². The van der Waals surface area contributed by atoms with Crippen molar-refractivity contribution in [2.75, 3.05) is 18.4 Å². The molecule has 2 N–H and O–H groups in total. The van der Waals surface area contributed by atoms with Crippen molar-refractivity contribution >= 4 is 49.9 Å².